The van der Waals surface area contributed by atoms with Gasteiger partial charge in [0.2, 0.25) is 21.8 Å². The second-order valence-electron chi connectivity index (χ2n) is 7.58. The second-order valence-corrected chi connectivity index (χ2v) is 9.52. The summed E-state index contributed by atoms with van der Waals surface area (Å²) in [4.78, 5) is 26.6. The zero-order valence-electron chi connectivity index (χ0n) is 18.7. The van der Waals surface area contributed by atoms with Gasteiger partial charge in [0.05, 0.1) is 17.4 Å². The number of nitrogens with one attached hydrogen (secondary N) is 1. The highest BCUT2D eigenvalue weighted by Gasteiger charge is 2.35. The summed E-state index contributed by atoms with van der Waals surface area (Å²) < 4.78 is 45.0. The summed E-state index contributed by atoms with van der Waals surface area (Å²) in [7, 11) is -3.58. The van der Waals surface area contributed by atoms with E-state index in [1.807, 2.05) is 0 Å². The lowest BCUT2D eigenvalue weighted by Gasteiger charge is -2.20. The number of amides is 2. The standard InChI is InChI=1S/C23H28FN3O5S/c1-3-26(4-2)33(30,31)21-11-7-19(8-12-21)27-16-17(15-22(27)28)23(29)25-13-14-32-20-9-5-18(24)6-10-20/h5-12,17H,3-4,13-16H2,1-2H3,(H,25,29). The molecule has 1 saturated heterocycles. The topological polar surface area (TPSA) is 96.0 Å². The van der Waals surface area contributed by atoms with Gasteiger partial charge in [-0.25, -0.2) is 12.8 Å². The monoisotopic (exact) mass is 477 g/mol. The van der Waals surface area contributed by atoms with Crippen LogP contribution in [0.25, 0.3) is 0 Å². The molecule has 0 radical (unpaired) electrons. The molecule has 0 bridgehead atoms. The Morgan fingerprint density at radius 3 is 2.36 bits per heavy atom. The van der Waals surface area contributed by atoms with Gasteiger partial charge in [0, 0.05) is 31.7 Å². The molecule has 1 aliphatic heterocycles. The molecule has 1 fully saturated rings. The van der Waals surface area contributed by atoms with Crippen molar-refractivity contribution in [1.82, 2.24) is 9.62 Å². The van der Waals surface area contributed by atoms with Crippen molar-refractivity contribution in [3.63, 3.8) is 0 Å². The van der Waals surface area contributed by atoms with Crippen LogP contribution in [0.3, 0.4) is 0 Å². The van der Waals surface area contributed by atoms with Crippen molar-refractivity contribution in [2.45, 2.75) is 25.2 Å². The number of benzene rings is 2. The van der Waals surface area contributed by atoms with E-state index in [9.17, 15) is 22.4 Å². The van der Waals surface area contributed by atoms with Gasteiger partial charge >= 0.3 is 0 Å². The van der Waals surface area contributed by atoms with Crippen LogP contribution in [-0.2, 0) is 19.6 Å². The third kappa shape index (κ3) is 5.88. The molecule has 1 unspecified atom stereocenters. The molecule has 8 nitrogen and oxygen atoms in total. The van der Waals surface area contributed by atoms with Gasteiger partial charge in [0.1, 0.15) is 18.2 Å². The first kappa shape index (κ1) is 24.7. The number of halogens is 1. The molecule has 1 heterocycles. The molecule has 3 rings (SSSR count). The van der Waals surface area contributed by atoms with Crippen molar-refractivity contribution < 1.29 is 27.1 Å². The number of ether oxygens (including phenoxy) is 1. The van der Waals surface area contributed by atoms with Gasteiger partial charge in [-0.1, -0.05) is 13.8 Å². The van der Waals surface area contributed by atoms with Gasteiger partial charge in [0.15, 0.2) is 0 Å². The fourth-order valence-electron chi connectivity index (χ4n) is 3.66. The summed E-state index contributed by atoms with van der Waals surface area (Å²) >= 11 is 0. The third-order valence-corrected chi connectivity index (χ3v) is 7.54. The molecule has 1 aliphatic rings. The van der Waals surface area contributed by atoms with E-state index in [-0.39, 0.29) is 48.6 Å². The summed E-state index contributed by atoms with van der Waals surface area (Å²) in [6.45, 7) is 4.97. The van der Waals surface area contributed by atoms with Gasteiger partial charge in [-0.15, -0.1) is 0 Å². The summed E-state index contributed by atoms with van der Waals surface area (Å²) in [6.07, 6.45) is 0.0736. The lowest BCUT2D eigenvalue weighted by molar-refractivity contribution is -0.126. The highest BCUT2D eigenvalue weighted by Crippen LogP contribution is 2.27. The van der Waals surface area contributed by atoms with E-state index in [1.54, 1.807) is 26.0 Å². The quantitative estimate of drug-likeness (QED) is 0.530. The van der Waals surface area contributed by atoms with Crippen molar-refractivity contribution in [3.05, 3.63) is 54.3 Å². The van der Waals surface area contributed by atoms with Crippen molar-refractivity contribution >= 4 is 27.5 Å². The van der Waals surface area contributed by atoms with Gasteiger partial charge < -0.3 is 15.0 Å². The molecule has 178 valence electrons. The summed E-state index contributed by atoms with van der Waals surface area (Å²) in [5, 5.41) is 2.75. The van der Waals surface area contributed by atoms with Gasteiger partial charge in [-0.2, -0.15) is 4.31 Å². The maximum absolute atomic E-state index is 12.9. The molecule has 2 amide bonds. The Labute approximate surface area is 193 Å². The summed E-state index contributed by atoms with van der Waals surface area (Å²) in [5.74, 6) is -0.820. The van der Waals surface area contributed by atoms with E-state index in [1.165, 1.54) is 45.6 Å². The zero-order chi connectivity index (χ0) is 24.0. The van der Waals surface area contributed by atoms with Crippen molar-refractivity contribution in [1.29, 1.82) is 0 Å². The van der Waals surface area contributed by atoms with Crippen LogP contribution in [0.5, 0.6) is 5.75 Å². The average Bonchev–Trinajstić information content (AvgIpc) is 3.20. The van der Waals surface area contributed by atoms with E-state index < -0.39 is 15.9 Å². The fourth-order valence-corrected chi connectivity index (χ4v) is 5.12. The van der Waals surface area contributed by atoms with Gasteiger partial charge in [-0.3, -0.25) is 9.59 Å². The summed E-state index contributed by atoms with van der Waals surface area (Å²) in [6, 6.07) is 11.7. The lowest BCUT2D eigenvalue weighted by atomic mass is 10.1. The molecule has 0 spiro atoms. The minimum atomic E-state index is -3.58. The molecule has 33 heavy (non-hydrogen) atoms. The molecule has 2 aromatic rings. The number of sulfonamides is 1. The van der Waals surface area contributed by atoms with E-state index >= 15 is 0 Å². The molecular formula is C23H28FN3O5S. The summed E-state index contributed by atoms with van der Waals surface area (Å²) in [5.41, 5.74) is 0.549. The molecular weight excluding hydrogens is 449 g/mol. The van der Waals surface area contributed by atoms with E-state index in [4.69, 9.17) is 4.74 Å². The van der Waals surface area contributed by atoms with Crippen LogP contribution in [-0.4, -0.2) is 57.3 Å². The van der Waals surface area contributed by atoms with Crippen LogP contribution >= 0.6 is 0 Å². The molecule has 0 aromatic heterocycles. The fraction of sp³-hybridized carbons (Fsp3) is 0.391. The van der Waals surface area contributed by atoms with Crippen molar-refractivity contribution in [2.24, 2.45) is 5.92 Å². The van der Waals surface area contributed by atoms with Crippen LogP contribution in [0.2, 0.25) is 0 Å². The average molecular weight is 478 g/mol. The molecule has 2 aromatic carbocycles. The Morgan fingerprint density at radius 1 is 1.12 bits per heavy atom. The number of hydrogen-bond acceptors (Lipinski definition) is 5. The van der Waals surface area contributed by atoms with Gasteiger partial charge in [0.25, 0.3) is 0 Å². The lowest BCUT2D eigenvalue weighted by Crippen LogP contribution is -2.35. The SMILES string of the molecule is CCN(CC)S(=O)(=O)c1ccc(N2CC(C(=O)NCCOc3ccc(F)cc3)CC2=O)cc1. The number of carbonyl (C=O) groups is 2. The Balaban J connectivity index is 1.54. The predicted molar refractivity (Wildman–Crippen MR) is 122 cm³/mol. The second kappa shape index (κ2) is 10.8. The van der Waals surface area contributed by atoms with Crippen LogP contribution in [0.1, 0.15) is 20.3 Å². The number of rotatable bonds is 10. The minimum Gasteiger partial charge on any atom is -0.492 e. The third-order valence-electron chi connectivity index (χ3n) is 5.47. The highest BCUT2D eigenvalue weighted by molar-refractivity contribution is 7.89. The molecule has 10 heteroatoms. The smallest absolute Gasteiger partial charge is 0.243 e. The Kier molecular flexibility index (Phi) is 8.04. The zero-order valence-corrected chi connectivity index (χ0v) is 19.5. The maximum Gasteiger partial charge on any atom is 0.243 e. The van der Waals surface area contributed by atoms with Gasteiger partial charge in [-0.05, 0) is 48.5 Å². The normalized spacial score (nSPS) is 16.3. The Hall–Kier alpha value is -2.98. The van der Waals surface area contributed by atoms with Crippen LogP contribution < -0.4 is 15.0 Å². The molecule has 1 atom stereocenters. The first-order valence-electron chi connectivity index (χ1n) is 10.8. The predicted octanol–water partition coefficient (Wildman–Crippen LogP) is 2.40. The van der Waals surface area contributed by atoms with Crippen LogP contribution in [0.15, 0.2) is 53.4 Å². The maximum atomic E-state index is 12.9. The van der Waals surface area contributed by atoms with E-state index in [0.29, 0.717) is 24.5 Å². The highest BCUT2D eigenvalue weighted by atomic mass is 32.2. The molecule has 0 aliphatic carbocycles. The van der Waals surface area contributed by atoms with Crippen molar-refractivity contribution in [3.8, 4) is 5.75 Å². The number of hydrogen-bond donors (Lipinski definition) is 1. The van der Waals surface area contributed by atoms with E-state index in [2.05, 4.69) is 5.32 Å². The van der Waals surface area contributed by atoms with Crippen LogP contribution in [0, 0.1) is 11.7 Å². The largest absolute Gasteiger partial charge is 0.492 e. The number of anilines is 1. The Bertz CT molecular complexity index is 1070. The Morgan fingerprint density at radius 2 is 1.76 bits per heavy atom. The van der Waals surface area contributed by atoms with Crippen LogP contribution in [0.4, 0.5) is 10.1 Å². The first-order valence-corrected chi connectivity index (χ1v) is 12.3. The van der Waals surface area contributed by atoms with Crippen molar-refractivity contribution in [2.75, 3.05) is 37.7 Å². The number of nitrogens with zero attached hydrogens (tertiary/aromatic N) is 2. The first-order chi connectivity index (χ1) is 15.8. The van der Waals surface area contributed by atoms with E-state index in [0.717, 1.165) is 0 Å². The molecule has 0 saturated carbocycles. The molecule has 1 N–H and O–H groups in total. The minimum absolute atomic E-state index is 0.0736. The number of carbonyl (C=O) groups excluding carboxylic acids is 2.